The van der Waals surface area contributed by atoms with Crippen LogP contribution in [0.5, 0.6) is 0 Å². The number of rotatable bonds is 3. The quantitative estimate of drug-likeness (QED) is 0.237. The zero-order valence-electron chi connectivity index (χ0n) is 13.3. The third kappa shape index (κ3) is 2.93. The summed E-state index contributed by atoms with van der Waals surface area (Å²) in [6, 6.07) is 16.6. The van der Waals surface area contributed by atoms with E-state index in [1.54, 1.807) is 29.1 Å². The van der Waals surface area contributed by atoms with Crippen LogP contribution in [0.25, 0.3) is 27.9 Å². The Morgan fingerprint density at radius 1 is 1.15 bits per heavy atom. The number of oxime groups is 1. The van der Waals surface area contributed by atoms with E-state index in [0.717, 1.165) is 15.5 Å². The van der Waals surface area contributed by atoms with Crippen LogP contribution >= 0.6 is 15.9 Å². The smallest absolute Gasteiger partial charge is 0.345 e. The molecular formula is C19H12BrN3O3. The molecule has 0 aliphatic carbocycles. The molecule has 0 aliphatic rings. The fourth-order valence-corrected chi connectivity index (χ4v) is 3.10. The number of benzene rings is 2. The van der Waals surface area contributed by atoms with Crippen molar-refractivity contribution in [2.24, 2.45) is 5.16 Å². The van der Waals surface area contributed by atoms with Crippen LogP contribution in [0.15, 0.2) is 79.6 Å². The standard InChI is InChI=1S/C19H12BrN3O3/c20-14-6-7-17-12(8-14)9-16(19(24)26-17)18-13(10-21-25)11-23(22-18)15-4-2-1-3-5-15/h1-11,25H/b21-10-. The van der Waals surface area contributed by atoms with E-state index in [1.807, 2.05) is 36.4 Å². The summed E-state index contributed by atoms with van der Waals surface area (Å²) in [6.45, 7) is 0. The van der Waals surface area contributed by atoms with Crippen molar-refractivity contribution in [3.8, 4) is 16.9 Å². The lowest BCUT2D eigenvalue weighted by Crippen LogP contribution is -2.05. The molecule has 0 saturated heterocycles. The highest BCUT2D eigenvalue weighted by molar-refractivity contribution is 9.10. The largest absolute Gasteiger partial charge is 0.422 e. The Bertz CT molecular complexity index is 1180. The van der Waals surface area contributed by atoms with E-state index in [2.05, 4.69) is 26.2 Å². The fourth-order valence-electron chi connectivity index (χ4n) is 2.73. The van der Waals surface area contributed by atoms with Crippen LogP contribution < -0.4 is 5.63 Å². The number of halogens is 1. The monoisotopic (exact) mass is 409 g/mol. The first-order chi connectivity index (χ1) is 12.7. The van der Waals surface area contributed by atoms with Gasteiger partial charge < -0.3 is 9.62 Å². The van der Waals surface area contributed by atoms with Crippen LogP contribution in [0, 0.1) is 0 Å². The van der Waals surface area contributed by atoms with Gasteiger partial charge in [0, 0.05) is 21.6 Å². The first kappa shape index (κ1) is 16.3. The zero-order chi connectivity index (χ0) is 18.1. The van der Waals surface area contributed by atoms with Crippen molar-refractivity contribution in [2.45, 2.75) is 0 Å². The molecule has 4 rings (SSSR count). The van der Waals surface area contributed by atoms with Crippen LogP contribution in [-0.2, 0) is 0 Å². The molecule has 0 unspecified atom stereocenters. The Balaban J connectivity index is 1.94. The highest BCUT2D eigenvalue weighted by Crippen LogP contribution is 2.25. The van der Waals surface area contributed by atoms with Crippen LogP contribution in [0.3, 0.4) is 0 Å². The van der Waals surface area contributed by atoms with E-state index in [-0.39, 0.29) is 0 Å². The topological polar surface area (TPSA) is 80.6 Å². The van der Waals surface area contributed by atoms with Gasteiger partial charge >= 0.3 is 5.63 Å². The summed E-state index contributed by atoms with van der Waals surface area (Å²) in [4.78, 5) is 12.5. The molecule has 4 aromatic rings. The van der Waals surface area contributed by atoms with Crippen molar-refractivity contribution in [1.29, 1.82) is 0 Å². The van der Waals surface area contributed by atoms with E-state index < -0.39 is 5.63 Å². The van der Waals surface area contributed by atoms with Crippen molar-refractivity contribution in [1.82, 2.24) is 9.78 Å². The molecule has 7 heteroatoms. The van der Waals surface area contributed by atoms with E-state index in [9.17, 15) is 4.79 Å². The number of hydrogen-bond donors (Lipinski definition) is 1. The van der Waals surface area contributed by atoms with E-state index in [4.69, 9.17) is 9.62 Å². The summed E-state index contributed by atoms with van der Waals surface area (Å²) < 4.78 is 7.91. The van der Waals surface area contributed by atoms with Crippen molar-refractivity contribution < 1.29 is 9.62 Å². The third-order valence-electron chi connectivity index (χ3n) is 3.91. The second-order valence-corrected chi connectivity index (χ2v) is 6.50. The summed E-state index contributed by atoms with van der Waals surface area (Å²) in [5.74, 6) is 0. The van der Waals surface area contributed by atoms with Crippen LogP contribution in [0.4, 0.5) is 0 Å². The van der Waals surface area contributed by atoms with Gasteiger partial charge in [0.25, 0.3) is 0 Å². The lowest BCUT2D eigenvalue weighted by molar-refractivity contribution is 0.322. The molecule has 0 fully saturated rings. The number of aromatic nitrogens is 2. The highest BCUT2D eigenvalue weighted by Gasteiger charge is 2.16. The van der Waals surface area contributed by atoms with Crippen LogP contribution in [0.1, 0.15) is 5.56 Å². The first-order valence-corrected chi connectivity index (χ1v) is 8.51. The van der Waals surface area contributed by atoms with E-state index in [1.165, 1.54) is 6.21 Å². The Kier molecular flexibility index (Phi) is 4.14. The van der Waals surface area contributed by atoms with Crippen LogP contribution in [0.2, 0.25) is 0 Å². The van der Waals surface area contributed by atoms with Gasteiger partial charge in [-0.2, -0.15) is 5.10 Å². The summed E-state index contributed by atoms with van der Waals surface area (Å²) in [5, 5.41) is 17.3. The highest BCUT2D eigenvalue weighted by atomic mass is 79.9. The summed E-state index contributed by atoms with van der Waals surface area (Å²) >= 11 is 3.41. The van der Waals surface area contributed by atoms with Gasteiger partial charge in [0.1, 0.15) is 11.3 Å². The molecule has 0 atom stereocenters. The van der Waals surface area contributed by atoms with Crippen LogP contribution in [-0.4, -0.2) is 21.2 Å². The average Bonchev–Trinajstić information content (AvgIpc) is 3.06. The number of nitrogens with zero attached hydrogens (tertiary/aromatic N) is 3. The second-order valence-electron chi connectivity index (χ2n) is 5.59. The molecule has 0 amide bonds. The maximum Gasteiger partial charge on any atom is 0.345 e. The van der Waals surface area contributed by atoms with Gasteiger partial charge in [-0.3, -0.25) is 0 Å². The minimum atomic E-state index is -0.509. The Morgan fingerprint density at radius 3 is 2.73 bits per heavy atom. The molecular weight excluding hydrogens is 398 g/mol. The normalized spacial score (nSPS) is 11.4. The third-order valence-corrected chi connectivity index (χ3v) is 4.40. The predicted molar refractivity (Wildman–Crippen MR) is 102 cm³/mol. The lowest BCUT2D eigenvalue weighted by Gasteiger charge is -2.02. The van der Waals surface area contributed by atoms with Crippen molar-refractivity contribution >= 4 is 33.1 Å². The zero-order valence-corrected chi connectivity index (χ0v) is 14.9. The maximum atomic E-state index is 12.5. The molecule has 6 nitrogen and oxygen atoms in total. The molecule has 0 radical (unpaired) electrons. The molecule has 0 spiro atoms. The Hall–Kier alpha value is -3.19. The van der Waals surface area contributed by atoms with E-state index >= 15 is 0 Å². The van der Waals surface area contributed by atoms with Gasteiger partial charge in [-0.15, -0.1) is 0 Å². The number of para-hydroxylation sites is 1. The SMILES string of the molecule is O=c1oc2ccc(Br)cc2cc1-c1nn(-c2ccccc2)cc1/C=N\O. The molecule has 0 aliphatic heterocycles. The van der Waals surface area contributed by atoms with Gasteiger partial charge in [0.05, 0.1) is 17.5 Å². The average molecular weight is 410 g/mol. The van der Waals surface area contributed by atoms with Gasteiger partial charge in [0.2, 0.25) is 0 Å². The number of hydrogen-bond acceptors (Lipinski definition) is 5. The molecule has 2 heterocycles. The predicted octanol–water partition coefficient (Wildman–Crippen LogP) is 4.22. The Morgan fingerprint density at radius 2 is 1.96 bits per heavy atom. The van der Waals surface area contributed by atoms with Crippen molar-refractivity contribution in [3.63, 3.8) is 0 Å². The number of fused-ring (bicyclic) bond motifs is 1. The molecule has 1 N–H and O–H groups in total. The van der Waals surface area contributed by atoms with Crippen molar-refractivity contribution in [3.05, 3.63) is 81.3 Å². The van der Waals surface area contributed by atoms with Gasteiger partial charge in [-0.1, -0.05) is 39.3 Å². The molecule has 0 bridgehead atoms. The fraction of sp³-hybridized carbons (Fsp3) is 0. The molecule has 128 valence electrons. The molecule has 2 aromatic heterocycles. The van der Waals surface area contributed by atoms with E-state index in [0.29, 0.717) is 22.4 Å². The minimum absolute atomic E-state index is 0.292. The van der Waals surface area contributed by atoms with Gasteiger partial charge in [0.15, 0.2) is 0 Å². The Labute approximate surface area is 156 Å². The maximum absolute atomic E-state index is 12.5. The second kappa shape index (κ2) is 6.61. The summed E-state index contributed by atoms with van der Waals surface area (Å²) in [6.07, 6.45) is 2.93. The summed E-state index contributed by atoms with van der Waals surface area (Å²) in [5.41, 5.74) is 1.97. The lowest BCUT2D eigenvalue weighted by atomic mass is 10.1. The molecule has 0 saturated carbocycles. The molecule has 26 heavy (non-hydrogen) atoms. The summed E-state index contributed by atoms with van der Waals surface area (Å²) in [7, 11) is 0. The minimum Gasteiger partial charge on any atom is -0.422 e. The first-order valence-electron chi connectivity index (χ1n) is 7.72. The van der Waals surface area contributed by atoms with Gasteiger partial charge in [-0.25, -0.2) is 9.48 Å². The van der Waals surface area contributed by atoms with Crippen molar-refractivity contribution in [2.75, 3.05) is 0 Å². The van der Waals surface area contributed by atoms with Gasteiger partial charge in [-0.05, 0) is 36.4 Å². The molecule has 2 aromatic carbocycles.